The molecule has 0 aliphatic heterocycles. The van der Waals surface area contributed by atoms with Gasteiger partial charge in [-0.2, -0.15) is 0 Å². The molecule has 0 saturated carbocycles. The Morgan fingerprint density at radius 1 is 1.30 bits per heavy atom. The molecule has 4 nitrogen and oxygen atoms in total. The maximum Gasteiger partial charge on any atom is 0.271 e. The topological polar surface area (TPSA) is 72.2 Å². The number of nitrogens with one attached hydrogen (secondary N) is 1. The first-order valence-electron chi connectivity index (χ1n) is 5.69. The summed E-state index contributed by atoms with van der Waals surface area (Å²) in [6.45, 7) is 0.448. The Morgan fingerprint density at radius 3 is 2.75 bits per heavy atom. The molecule has 0 aliphatic rings. The Balaban J connectivity index is 2.28. The van der Waals surface area contributed by atoms with E-state index in [2.05, 4.69) is 4.72 Å². The molecular formula is C12H12ClFN2O2S2. The molecule has 2 rings (SSSR count). The van der Waals surface area contributed by atoms with Crippen LogP contribution in [-0.2, 0) is 16.4 Å². The third kappa shape index (κ3) is 3.49. The van der Waals surface area contributed by atoms with Gasteiger partial charge in [-0.15, -0.1) is 11.3 Å². The Kier molecular flexibility index (Phi) is 4.64. The van der Waals surface area contributed by atoms with E-state index in [4.69, 9.17) is 17.3 Å². The highest BCUT2D eigenvalue weighted by Crippen LogP contribution is 2.28. The van der Waals surface area contributed by atoms with Gasteiger partial charge >= 0.3 is 0 Å². The molecule has 0 amide bonds. The Morgan fingerprint density at radius 2 is 2.05 bits per heavy atom. The lowest BCUT2D eigenvalue weighted by Gasteiger charge is -2.08. The van der Waals surface area contributed by atoms with Gasteiger partial charge in [0.2, 0.25) is 0 Å². The molecule has 20 heavy (non-hydrogen) atoms. The lowest BCUT2D eigenvalue weighted by atomic mass is 10.3. The monoisotopic (exact) mass is 334 g/mol. The first-order valence-corrected chi connectivity index (χ1v) is 8.37. The largest absolute Gasteiger partial charge is 0.330 e. The molecule has 2 aromatic rings. The number of rotatable bonds is 5. The Labute approximate surface area is 125 Å². The van der Waals surface area contributed by atoms with Crippen LogP contribution in [0.1, 0.15) is 4.88 Å². The normalized spacial score (nSPS) is 11.6. The zero-order chi connectivity index (χ0) is 14.8. The van der Waals surface area contributed by atoms with E-state index in [1.54, 1.807) is 6.07 Å². The van der Waals surface area contributed by atoms with Gasteiger partial charge in [0.15, 0.2) is 0 Å². The molecule has 0 fully saturated rings. The molecule has 0 aliphatic carbocycles. The fraction of sp³-hybridized carbons (Fsp3) is 0.167. The minimum atomic E-state index is -3.77. The molecule has 0 atom stereocenters. The highest BCUT2D eigenvalue weighted by molar-refractivity contribution is 7.94. The number of thiophene rings is 1. The smallest absolute Gasteiger partial charge is 0.271 e. The number of sulfonamides is 1. The van der Waals surface area contributed by atoms with Gasteiger partial charge in [-0.05, 0) is 43.3 Å². The van der Waals surface area contributed by atoms with Crippen LogP contribution in [0.4, 0.5) is 10.1 Å². The van der Waals surface area contributed by atoms with Gasteiger partial charge in [0, 0.05) is 4.88 Å². The van der Waals surface area contributed by atoms with Crippen molar-refractivity contribution in [2.45, 2.75) is 10.6 Å². The van der Waals surface area contributed by atoms with Crippen molar-refractivity contribution in [1.82, 2.24) is 0 Å². The highest BCUT2D eigenvalue weighted by Gasteiger charge is 2.18. The van der Waals surface area contributed by atoms with Crippen molar-refractivity contribution in [3.05, 3.63) is 46.0 Å². The lowest BCUT2D eigenvalue weighted by Crippen LogP contribution is -2.12. The van der Waals surface area contributed by atoms with Gasteiger partial charge in [0.1, 0.15) is 10.0 Å². The van der Waals surface area contributed by atoms with E-state index in [0.717, 1.165) is 28.3 Å². The number of hydrogen-bond acceptors (Lipinski definition) is 4. The molecule has 1 aromatic carbocycles. The molecule has 0 saturated heterocycles. The van der Waals surface area contributed by atoms with Crippen LogP contribution in [0.3, 0.4) is 0 Å². The van der Waals surface area contributed by atoms with E-state index < -0.39 is 15.8 Å². The number of anilines is 1. The highest BCUT2D eigenvalue weighted by atomic mass is 35.5. The number of benzene rings is 1. The average molecular weight is 335 g/mol. The molecule has 3 N–H and O–H groups in total. The molecule has 1 aromatic heterocycles. The van der Waals surface area contributed by atoms with Crippen molar-refractivity contribution in [2.75, 3.05) is 11.3 Å². The average Bonchev–Trinajstić information content (AvgIpc) is 2.83. The summed E-state index contributed by atoms with van der Waals surface area (Å²) >= 11 is 6.96. The van der Waals surface area contributed by atoms with Gasteiger partial charge in [0.25, 0.3) is 10.0 Å². The van der Waals surface area contributed by atoms with Crippen molar-refractivity contribution in [1.29, 1.82) is 0 Å². The molecule has 1 heterocycles. The van der Waals surface area contributed by atoms with E-state index in [0.29, 0.717) is 13.0 Å². The van der Waals surface area contributed by atoms with Crippen molar-refractivity contribution in [3.8, 4) is 0 Å². The van der Waals surface area contributed by atoms with Crippen molar-refractivity contribution >= 4 is 38.6 Å². The van der Waals surface area contributed by atoms with E-state index in [1.807, 2.05) is 0 Å². The standard InChI is InChI=1S/C12H12ClFN2O2S2/c13-10-3-1-8(14)7-11(10)16-20(17,18)12-4-2-9(19-12)5-6-15/h1-4,7,16H,5-6,15H2. The quantitative estimate of drug-likeness (QED) is 0.883. The molecule has 0 unspecified atom stereocenters. The predicted molar refractivity (Wildman–Crippen MR) is 79.3 cm³/mol. The van der Waals surface area contributed by atoms with Crippen LogP contribution < -0.4 is 10.5 Å². The van der Waals surface area contributed by atoms with Crippen LogP contribution in [0, 0.1) is 5.82 Å². The third-order valence-corrected chi connectivity index (χ3v) is 5.80. The minimum absolute atomic E-state index is 0.0143. The molecule has 0 radical (unpaired) electrons. The summed E-state index contributed by atoms with van der Waals surface area (Å²) in [5, 5.41) is 0.133. The van der Waals surface area contributed by atoms with Gasteiger partial charge < -0.3 is 5.73 Å². The molecule has 8 heteroatoms. The zero-order valence-corrected chi connectivity index (χ0v) is 12.7. The number of hydrogen-bond donors (Lipinski definition) is 2. The van der Waals surface area contributed by atoms with E-state index in [9.17, 15) is 12.8 Å². The molecular weight excluding hydrogens is 323 g/mol. The van der Waals surface area contributed by atoms with Gasteiger partial charge in [-0.1, -0.05) is 11.6 Å². The van der Waals surface area contributed by atoms with Crippen LogP contribution in [0.5, 0.6) is 0 Å². The number of halogens is 2. The second-order valence-corrected chi connectivity index (χ2v) is 7.47. The lowest BCUT2D eigenvalue weighted by molar-refractivity contribution is 0.603. The summed E-state index contributed by atoms with van der Waals surface area (Å²) < 4.78 is 39.9. The maximum absolute atomic E-state index is 13.1. The number of nitrogens with two attached hydrogens (primary N) is 1. The Hall–Kier alpha value is -1.15. The van der Waals surface area contributed by atoms with Crippen molar-refractivity contribution < 1.29 is 12.8 Å². The van der Waals surface area contributed by atoms with Gasteiger partial charge in [-0.3, -0.25) is 4.72 Å². The summed E-state index contributed by atoms with van der Waals surface area (Å²) in [4.78, 5) is 0.873. The van der Waals surface area contributed by atoms with Gasteiger partial charge in [-0.25, -0.2) is 12.8 Å². The second-order valence-electron chi connectivity index (χ2n) is 3.99. The summed E-state index contributed by atoms with van der Waals surface area (Å²) in [5.74, 6) is -0.567. The van der Waals surface area contributed by atoms with Crippen molar-refractivity contribution in [3.63, 3.8) is 0 Å². The van der Waals surface area contributed by atoms with Crippen LogP contribution >= 0.6 is 22.9 Å². The fourth-order valence-electron chi connectivity index (χ4n) is 1.55. The van der Waals surface area contributed by atoms with Crippen LogP contribution in [-0.4, -0.2) is 15.0 Å². The summed E-state index contributed by atoms with van der Waals surface area (Å²) in [6, 6.07) is 6.69. The Bertz CT molecular complexity index is 716. The minimum Gasteiger partial charge on any atom is -0.330 e. The van der Waals surface area contributed by atoms with Crippen LogP contribution in [0.2, 0.25) is 5.02 Å². The van der Waals surface area contributed by atoms with E-state index >= 15 is 0 Å². The van der Waals surface area contributed by atoms with Crippen molar-refractivity contribution in [2.24, 2.45) is 5.73 Å². The van der Waals surface area contributed by atoms with Gasteiger partial charge in [0.05, 0.1) is 10.7 Å². The zero-order valence-electron chi connectivity index (χ0n) is 10.3. The maximum atomic E-state index is 13.1. The third-order valence-electron chi connectivity index (χ3n) is 2.47. The molecule has 0 spiro atoms. The molecule has 0 bridgehead atoms. The molecule has 108 valence electrons. The first kappa shape index (κ1) is 15.2. The second kappa shape index (κ2) is 6.09. The summed E-state index contributed by atoms with van der Waals surface area (Å²) in [6.07, 6.45) is 0.612. The van der Waals surface area contributed by atoms with E-state index in [1.165, 1.54) is 12.1 Å². The van der Waals surface area contributed by atoms with Crippen LogP contribution in [0.15, 0.2) is 34.5 Å². The SMILES string of the molecule is NCCc1ccc(S(=O)(=O)Nc2cc(F)ccc2Cl)s1. The first-order chi connectivity index (χ1) is 9.42. The summed E-state index contributed by atoms with van der Waals surface area (Å²) in [7, 11) is -3.77. The van der Waals surface area contributed by atoms with Crippen LogP contribution in [0.25, 0.3) is 0 Å². The predicted octanol–water partition coefficient (Wildman–Crippen LogP) is 2.84. The van der Waals surface area contributed by atoms with E-state index in [-0.39, 0.29) is 14.9 Å². The fourth-order valence-corrected chi connectivity index (χ4v) is 4.21. The summed E-state index contributed by atoms with van der Waals surface area (Å²) in [5.41, 5.74) is 5.44.